The molecule has 2 heterocycles. The lowest BCUT2D eigenvalue weighted by atomic mass is 9.93. The quantitative estimate of drug-likeness (QED) is 0.169. The van der Waals surface area contributed by atoms with Crippen LogP contribution in [0, 0.1) is 10.1 Å². The Hall–Kier alpha value is -2.56. The minimum Gasteiger partial charge on any atom is -1.00 e. The molecule has 0 aromatic heterocycles. The summed E-state index contributed by atoms with van der Waals surface area (Å²) in [6.45, 7) is 3.39. The van der Waals surface area contributed by atoms with E-state index >= 15 is 0 Å². The van der Waals surface area contributed by atoms with Gasteiger partial charge in [0.2, 0.25) is 0 Å². The van der Waals surface area contributed by atoms with E-state index in [1.165, 1.54) is 23.1 Å². The van der Waals surface area contributed by atoms with Crippen LogP contribution in [-0.4, -0.2) is 59.0 Å². The first-order valence-corrected chi connectivity index (χ1v) is 11.1. The first kappa shape index (κ1) is 24.1. The zero-order valence-electron chi connectivity index (χ0n) is 17.6. The summed E-state index contributed by atoms with van der Waals surface area (Å²) in [5, 5.41) is 16.4. The van der Waals surface area contributed by atoms with Crippen molar-refractivity contribution in [3.8, 4) is 0 Å². The van der Waals surface area contributed by atoms with Crippen LogP contribution in [-0.2, 0) is 9.59 Å². The Morgan fingerprint density at radius 3 is 2.50 bits per heavy atom. The van der Waals surface area contributed by atoms with Crippen LogP contribution in [0.4, 0.5) is 11.4 Å². The van der Waals surface area contributed by atoms with E-state index in [-0.39, 0.29) is 34.8 Å². The summed E-state index contributed by atoms with van der Waals surface area (Å²) < 4.78 is 0. The number of nitro groups is 1. The van der Waals surface area contributed by atoms with Crippen molar-refractivity contribution in [1.82, 2.24) is 10.2 Å². The van der Waals surface area contributed by atoms with Gasteiger partial charge in [-0.05, 0) is 37.2 Å². The molecular weight excluding hydrogens is 454 g/mol. The molecule has 172 valence electrons. The summed E-state index contributed by atoms with van der Waals surface area (Å²) in [7, 11) is 0. The summed E-state index contributed by atoms with van der Waals surface area (Å²) in [6, 6.07) is 4.56. The van der Waals surface area contributed by atoms with Crippen molar-refractivity contribution in [2.45, 2.75) is 38.1 Å². The van der Waals surface area contributed by atoms with Crippen molar-refractivity contribution in [3.63, 3.8) is 0 Å². The molecule has 1 aliphatic carbocycles. The van der Waals surface area contributed by atoms with Gasteiger partial charge in [-0.25, -0.2) is 0 Å². The highest BCUT2D eigenvalue weighted by atomic mass is 35.5. The van der Waals surface area contributed by atoms with Crippen molar-refractivity contribution >= 4 is 46.6 Å². The number of quaternary nitrogens is 1. The molecule has 4 rings (SSSR count). The molecule has 0 spiro atoms. The fourth-order valence-electron chi connectivity index (χ4n) is 4.55. The standard InChI is InChI=1S/C21H25N5O4S.ClH/c27-19-17(20(28)25(21(31)23-19)15-4-2-1-3-5-15)13-14-12-16(26(29)30)6-7-18(14)24-10-8-22-9-11-24;/h6-7,12-13,15,22H,1-5,8-11H2,(H,23,27,31);1H/b17-13-;. The van der Waals surface area contributed by atoms with Gasteiger partial charge >= 0.3 is 0 Å². The average molecular weight is 480 g/mol. The van der Waals surface area contributed by atoms with E-state index in [0.717, 1.165) is 64.0 Å². The first-order chi connectivity index (χ1) is 15.0. The largest absolute Gasteiger partial charge is 1.00 e. The molecule has 9 nitrogen and oxygen atoms in total. The van der Waals surface area contributed by atoms with E-state index in [1.807, 2.05) is 0 Å². The molecule has 3 N–H and O–H groups in total. The fraction of sp³-hybridized carbons (Fsp3) is 0.476. The molecule has 2 aliphatic heterocycles. The number of non-ortho nitro benzene ring substituents is 1. The van der Waals surface area contributed by atoms with Gasteiger partial charge in [-0.3, -0.25) is 29.9 Å². The second-order valence-corrected chi connectivity index (χ2v) is 8.52. The third-order valence-corrected chi connectivity index (χ3v) is 6.44. The topological polar surface area (TPSA) is 112 Å². The van der Waals surface area contributed by atoms with Gasteiger partial charge in [0.25, 0.3) is 17.5 Å². The number of piperazine rings is 1. The molecular formula is C21H26ClN5O4S. The molecule has 0 unspecified atom stereocenters. The lowest BCUT2D eigenvalue weighted by Crippen LogP contribution is -3.00. The molecule has 0 atom stereocenters. The lowest BCUT2D eigenvalue weighted by Gasteiger charge is -2.37. The Morgan fingerprint density at radius 1 is 1.16 bits per heavy atom. The Balaban J connectivity index is 0.00000289. The number of anilines is 1. The number of nitrogens with two attached hydrogens (primary N) is 1. The van der Waals surface area contributed by atoms with Crippen molar-refractivity contribution in [3.05, 3.63) is 39.4 Å². The number of halogens is 1. The van der Waals surface area contributed by atoms with Crippen LogP contribution < -0.4 is 27.9 Å². The van der Waals surface area contributed by atoms with E-state index in [4.69, 9.17) is 12.2 Å². The number of carbonyl (C=O) groups is 2. The summed E-state index contributed by atoms with van der Waals surface area (Å²) in [5.41, 5.74) is 1.15. The summed E-state index contributed by atoms with van der Waals surface area (Å²) in [4.78, 5) is 40.5. The Labute approximate surface area is 197 Å². The highest BCUT2D eigenvalue weighted by Gasteiger charge is 2.38. The first-order valence-electron chi connectivity index (χ1n) is 10.7. The predicted octanol–water partition coefficient (Wildman–Crippen LogP) is -2.06. The second-order valence-electron chi connectivity index (χ2n) is 8.14. The van der Waals surface area contributed by atoms with Gasteiger partial charge in [-0.1, -0.05) is 19.3 Å². The number of nitrogens with one attached hydrogen (secondary N) is 1. The van der Waals surface area contributed by atoms with E-state index in [9.17, 15) is 19.7 Å². The van der Waals surface area contributed by atoms with Gasteiger partial charge in [0.05, 0.1) is 31.1 Å². The average Bonchev–Trinajstić information content (AvgIpc) is 2.77. The number of nitrogens with zero attached hydrogens (tertiary/aromatic N) is 3. The van der Waals surface area contributed by atoms with Crippen molar-refractivity contribution in [2.75, 3.05) is 31.1 Å². The van der Waals surface area contributed by atoms with Crippen LogP contribution in [0.15, 0.2) is 23.8 Å². The minimum absolute atomic E-state index is 0. The molecule has 3 fully saturated rings. The number of rotatable bonds is 4. The maximum atomic E-state index is 13.3. The van der Waals surface area contributed by atoms with Crippen LogP contribution in [0.2, 0.25) is 0 Å². The molecule has 2 amide bonds. The van der Waals surface area contributed by atoms with Crippen LogP contribution in [0.5, 0.6) is 0 Å². The van der Waals surface area contributed by atoms with E-state index in [1.54, 1.807) is 6.07 Å². The van der Waals surface area contributed by atoms with Gasteiger partial charge in [0, 0.05) is 29.4 Å². The van der Waals surface area contributed by atoms with Crippen LogP contribution >= 0.6 is 12.2 Å². The van der Waals surface area contributed by atoms with Crippen molar-refractivity contribution in [2.24, 2.45) is 0 Å². The number of hydrogen-bond donors (Lipinski definition) is 2. The summed E-state index contributed by atoms with van der Waals surface area (Å²) >= 11 is 5.31. The van der Waals surface area contributed by atoms with E-state index in [2.05, 4.69) is 15.5 Å². The minimum atomic E-state index is -0.563. The van der Waals surface area contributed by atoms with Crippen LogP contribution in [0.3, 0.4) is 0 Å². The number of carbonyl (C=O) groups excluding carboxylic acids is 2. The molecule has 0 bridgehead atoms. The maximum absolute atomic E-state index is 13.3. The zero-order chi connectivity index (χ0) is 22.0. The van der Waals surface area contributed by atoms with Crippen LogP contribution in [0.1, 0.15) is 37.7 Å². The molecule has 2 saturated heterocycles. The fourth-order valence-corrected chi connectivity index (χ4v) is 4.87. The van der Waals surface area contributed by atoms with E-state index in [0.29, 0.717) is 5.56 Å². The Bertz CT molecular complexity index is 958. The van der Waals surface area contributed by atoms with Crippen LogP contribution in [0.25, 0.3) is 6.08 Å². The van der Waals surface area contributed by atoms with Gasteiger partial charge in [-0.15, -0.1) is 0 Å². The van der Waals surface area contributed by atoms with E-state index < -0.39 is 16.7 Å². The second kappa shape index (κ2) is 10.4. The molecule has 32 heavy (non-hydrogen) atoms. The van der Waals surface area contributed by atoms with Gasteiger partial charge in [0.15, 0.2) is 5.11 Å². The Morgan fingerprint density at radius 2 is 1.84 bits per heavy atom. The smallest absolute Gasteiger partial charge is 0.270 e. The third kappa shape index (κ3) is 4.92. The number of amides is 2. The van der Waals surface area contributed by atoms with Crippen molar-refractivity contribution < 1.29 is 32.2 Å². The van der Waals surface area contributed by atoms with Gasteiger partial charge < -0.3 is 22.6 Å². The number of thiocarbonyl (C=S) groups is 1. The molecule has 0 radical (unpaired) electrons. The molecule has 1 aromatic carbocycles. The predicted molar refractivity (Wildman–Crippen MR) is 119 cm³/mol. The maximum Gasteiger partial charge on any atom is 0.270 e. The number of hydrogen-bond acceptors (Lipinski definition) is 6. The number of benzene rings is 1. The zero-order valence-corrected chi connectivity index (χ0v) is 19.2. The third-order valence-electron chi connectivity index (χ3n) is 6.14. The lowest BCUT2D eigenvalue weighted by molar-refractivity contribution is -0.655. The highest BCUT2D eigenvalue weighted by Crippen LogP contribution is 2.30. The number of nitro benzene ring substituents is 1. The van der Waals surface area contributed by atoms with Crippen molar-refractivity contribution in [1.29, 1.82) is 0 Å². The molecule has 1 saturated carbocycles. The molecule has 3 aliphatic rings. The molecule has 1 aromatic rings. The molecule has 11 heteroatoms. The SMILES string of the molecule is O=C1NC(=S)N(C2CCCCC2)C(=O)/C1=C\c1cc([N+](=O)[O-])ccc1N1CC[NH2+]CC1.[Cl-]. The van der Waals surface area contributed by atoms with Gasteiger partial charge in [0.1, 0.15) is 5.57 Å². The normalized spacial score (nSPS) is 21.4. The Kier molecular flexibility index (Phi) is 7.81. The van der Waals surface area contributed by atoms with Gasteiger partial charge in [-0.2, -0.15) is 0 Å². The monoisotopic (exact) mass is 479 g/mol. The highest BCUT2D eigenvalue weighted by molar-refractivity contribution is 7.80. The summed E-state index contributed by atoms with van der Waals surface area (Å²) in [5.74, 6) is -0.989. The summed E-state index contributed by atoms with van der Waals surface area (Å²) in [6.07, 6.45) is 6.35.